The van der Waals surface area contributed by atoms with Crippen LogP contribution in [-0.4, -0.2) is 17.0 Å². The molecule has 0 saturated carbocycles. The lowest BCUT2D eigenvalue weighted by Gasteiger charge is -1.89. The molecular weight excluding hydrogens is 276 g/mol. The third-order valence-corrected chi connectivity index (χ3v) is 2.03. The minimum absolute atomic E-state index is 0.0880. The Morgan fingerprint density at radius 2 is 1.18 bits per heavy atom. The van der Waals surface area contributed by atoms with E-state index in [1.807, 2.05) is 43.2 Å². The number of carbonyl (C=O) groups is 1. The van der Waals surface area contributed by atoms with E-state index < -0.39 is 0 Å². The zero-order chi connectivity index (χ0) is 17.2. The van der Waals surface area contributed by atoms with Crippen LogP contribution >= 0.6 is 0 Å². The van der Waals surface area contributed by atoms with Crippen molar-refractivity contribution in [3.8, 4) is 11.5 Å². The van der Waals surface area contributed by atoms with Crippen LogP contribution in [0.15, 0.2) is 86.5 Å². The summed E-state index contributed by atoms with van der Waals surface area (Å²) < 4.78 is 0. The molecular formula is C19H22O3. The van der Waals surface area contributed by atoms with Crippen molar-refractivity contribution in [2.75, 3.05) is 0 Å². The second kappa shape index (κ2) is 16.0. The summed E-state index contributed by atoms with van der Waals surface area (Å²) in [5, 5.41) is 17.3. The van der Waals surface area contributed by atoms with Crippen molar-refractivity contribution in [1.82, 2.24) is 0 Å². The van der Waals surface area contributed by atoms with Crippen LogP contribution in [0, 0.1) is 0 Å². The summed E-state index contributed by atoms with van der Waals surface area (Å²) in [5.74, 6) is 0.176. The molecule has 116 valence electrons. The Morgan fingerprint density at radius 1 is 0.727 bits per heavy atom. The van der Waals surface area contributed by atoms with Gasteiger partial charge < -0.3 is 15.0 Å². The van der Waals surface area contributed by atoms with E-state index in [0.717, 1.165) is 0 Å². The number of hydrogen-bond donors (Lipinski definition) is 2. The lowest BCUT2D eigenvalue weighted by Crippen LogP contribution is -1.63. The molecule has 0 aliphatic rings. The highest BCUT2D eigenvalue weighted by Crippen LogP contribution is 2.14. The van der Waals surface area contributed by atoms with Gasteiger partial charge in [0.15, 0.2) is 0 Å². The van der Waals surface area contributed by atoms with Gasteiger partial charge in [0, 0.05) is 6.07 Å². The quantitative estimate of drug-likeness (QED) is 0.797. The average molecular weight is 298 g/mol. The van der Waals surface area contributed by atoms with Crippen molar-refractivity contribution < 1.29 is 15.0 Å². The molecule has 0 aromatic heterocycles. The molecule has 0 radical (unpaired) electrons. The minimum Gasteiger partial charge on any atom is -0.508 e. The van der Waals surface area contributed by atoms with Crippen LogP contribution in [0.2, 0.25) is 0 Å². The second-order valence-electron chi connectivity index (χ2n) is 3.61. The van der Waals surface area contributed by atoms with E-state index in [1.54, 1.807) is 18.2 Å². The molecule has 2 aromatic carbocycles. The van der Waals surface area contributed by atoms with Gasteiger partial charge in [-0.2, -0.15) is 0 Å². The third-order valence-electron chi connectivity index (χ3n) is 2.03. The number of allylic oxidation sites excluding steroid dienone is 2. The fourth-order valence-electron chi connectivity index (χ4n) is 1.08. The summed E-state index contributed by atoms with van der Waals surface area (Å²) in [5.41, 5.74) is 1.17. The zero-order valence-corrected chi connectivity index (χ0v) is 12.6. The predicted molar refractivity (Wildman–Crippen MR) is 93.8 cm³/mol. The van der Waals surface area contributed by atoms with Gasteiger partial charge >= 0.3 is 0 Å². The predicted octanol–water partition coefficient (Wildman–Crippen LogP) is 4.60. The summed E-state index contributed by atoms with van der Waals surface area (Å²) in [4.78, 5) is 8.00. The van der Waals surface area contributed by atoms with Crippen LogP contribution < -0.4 is 0 Å². The Bertz CT molecular complexity index is 510. The molecule has 0 aliphatic heterocycles. The molecule has 2 rings (SSSR count). The summed E-state index contributed by atoms with van der Waals surface area (Å²) in [6.07, 6.45) is 5.11. The first-order valence-electron chi connectivity index (χ1n) is 6.31. The molecule has 2 aromatic rings. The van der Waals surface area contributed by atoms with Crippen LogP contribution in [-0.2, 0) is 4.79 Å². The third kappa shape index (κ3) is 13.4. The van der Waals surface area contributed by atoms with Gasteiger partial charge in [0.05, 0.1) is 0 Å². The van der Waals surface area contributed by atoms with Crippen molar-refractivity contribution in [3.05, 3.63) is 92.0 Å². The first-order valence-corrected chi connectivity index (χ1v) is 6.31. The molecule has 0 atom stereocenters. The monoisotopic (exact) mass is 298 g/mol. The largest absolute Gasteiger partial charge is 0.508 e. The first kappa shape index (κ1) is 21.2. The molecule has 3 nitrogen and oxygen atoms in total. The average Bonchev–Trinajstić information content (AvgIpc) is 2.58. The minimum atomic E-state index is 0.0880. The Morgan fingerprint density at radius 3 is 1.41 bits per heavy atom. The van der Waals surface area contributed by atoms with Crippen LogP contribution in [0.3, 0.4) is 0 Å². The number of phenols is 2. The molecule has 0 unspecified atom stereocenters. The van der Waals surface area contributed by atoms with Gasteiger partial charge in [-0.3, -0.25) is 0 Å². The molecule has 0 amide bonds. The van der Waals surface area contributed by atoms with E-state index in [2.05, 4.69) is 19.7 Å². The highest BCUT2D eigenvalue weighted by molar-refractivity contribution is 5.45. The van der Waals surface area contributed by atoms with E-state index >= 15 is 0 Å². The van der Waals surface area contributed by atoms with Gasteiger partial charge in [0.2, 0.25) is 0 Å². The van der Waals surface area contributed by atoms with Gasteiger partial charge in [-0.25, -0.2) is 0 Å². The van der Waals surface area contributed by atoms with Gasteiger partial charge in [0.25, 0.3) is 0 Å². The number of phenolic OH excluding ortho intramolecular Hbond substituents is 2. The number of aromatic hydroxyl groups is 2. The van der Waals surface area contributed by atoms with Gasteiger partial charge in [-0.05, 0) is 17.7 Å². The number of hydrogen-bond acceptors (Lipinski definition) is 3. The molecule has 0 heterocycles. The standard InChI is InChI=1S/C8H8.C6H6O2.C4H6.CH2O/c1-2-8-6-4-3-5-7-8;7-5-2-1-3-6(8)4-5;1-3-4-2;1-2/h2-7H,1H2;1-4,7-8H;3-4H,1-2H2;1H2. The number of benzene rings is 2. The van der Waals surface area contributed by atoms with E-state index in [0.29, 0.717) is 0 Å². The fourth-order valence-corrected chi connectivity index (χ4v) is 1.08. The highest BCUT2D eigenvalue weighted by Gasteiger charge is 1.85. The van der Waals surface area contributed by atoms with Crippen LogP contribution in [0.25, 0.3) is 6.08 Å². The molecule has 22 heavy (non-hydrogen) atoms. The first-order chi connectivity index (χ1) is 10.6. The maximum atomic E-state index is 8.65. The molecule has 0 bridgehead atoms. The summed E-state index contributed by atoms with van der Waals surface area (Å²) in [6.45, 7) is 12.4. The molecule has 2 N–H and O–H groups in total. The van der Waals surface area contributed by atoms with Crippen molar-refractivity contribution in [3.63, 3.8) is 0 Å². The van der Waals surface area contributed by atoms with Crippen LogP contribution in [0.4, 0.5) is 0 Å². The Labute approximate surface area is 132 Å². The fraction of sp³-hybridized carbons (Fsp3) is 0. The second-order valence-corrected chi connectivity index (χ2v) is 3.61. The molecule has 0 aliphatic carbocycles. The maximum absolute atomic E-state index is 8.65. The van der Waals surface area contributed by atoms with E-state index in [4.69, 9.17) is 15.0 Å². The van der Waals surface area contributed by atoms with E-state index in [-0.39, 0.29) is 11.5 Å². The zero-order valence-electron chi connectivity index (χ0n) is 12.6. The summed E-state index contributed by atoms with van der Waals surface area (Å²) in [6, 6.07) is 15.9. The van der Waals surface area contributed by atoms with Gasteiger partial charge in [-0.15, -0.1) is 0 Å². The summed E-state index contributed by atoms with van der Waals surface area (Å²) >= 11 is 0. The van der Waals surface area contributed by atoms with Crippen molar-refractivity contribution in [2.24, 2.45) is 0 Å². The van der Waals surface area contributed by atoms with Crippen molar-refractivity contribution in [2.45, 2.75) is 0 Å². The normalized spacial score (nSPS) is 7.45. The van der Waals surface area contributed by atoms with Crippen LogP contribution in [0.1, 0.15) is 5.56 Å². The van der Waals surface area contributed by atoms with Gasteiger partial charge in [-0.1, -0.05) is 74.4 Å². The van der Waals surface area contributed by atoms with E-state index in [1.165, 1.54) is 23.8 Å². The van der Waals surface area contributed by atoms with Crippen molar-refractivity contribution >= 4 is 12.9 Å². The topological polar surface area (TPSA) is 57.5 Å². The number of rotatable bonds is 2. The maximum Gasteiger partial charge on any atom is 0.119 e. The van der Waals surface area contributed by atoms with Gasteiger partial charge in [0.1, 0.15) is 18.3 Å². The van der Waals surface area contributed by atoms with Crippen LogP contribution in [0.5, 0.6) is 11.5 Å². The Balaban J connectivity index is 0. The Kier molecular flexibility index (Phi) is 15.4. The molecule has 0 fully saturated rings. The SMILES string of the molecule is C=CC=C.C=Cc1ccccc1.C=O.Oc1cccc(O)c1. The van der Waals surface area contributed by atoms with Crippen molar-refractivity contribution in [1.29, 1.82) is 0 Å². The smallest absolute Gasteiger partial charge is 0.119 e. The lowest BCUT2D eigenvalue weighted by atomic mass is 10.2. The molecule has 3 heteroatoms. The molecule has 0 saturated heterocycles. The highest BCUT2D eigenvalue weighted by atomic mass is 16.3. The lowest BCUT2D eigenvalue weighted by molar-refractivity contribution is -0.0979. The number of carbonyl (C=O) groups excluding carboxylic acids is 1. The molecule has 0 spiro atoms. The van der Waals surface area contributed by atoms with E-state index in [9.17, 15) is 0 Å². The Hall–Kier alpha value is -3.07. The summed E-state index contributed by atoms with van der Waals surface area (Å²) in [7, 11) is 0.